The highest BCUT2D eigenvalue weighted by molar-refractivity contribution is 7.48. The van der Waals surface area contributed by atoms with Crippen molar-refractivity contribution in [1.29, 1.82) is 0 Å². The topological polar surface area (TPSA) is 85.2 Å². The van der Waals surface area contributed by atoms with Gasteiger partial charge in [0.2, 0.25) is 0 Å². The first kappa shape index (κ1) is 18.0. The Morgan fingerprint density at radius 1 is 1.06 bits per heavy atom. The van der Waals surface area contributed by atoms with Gasteiger partial charge in [0.25, 0.3) is 0 Å². The molecule has 0 heterocycles. The summed E-state index contributed by atoms with van der Waals surface area (Å²) in [6.45, 7) is 9.52. The van der Waals surface area contributed by atoms with Gasteiger partial charge in [-0.25, -0.2) is 4.57 Å². The largest absolute Gasteiger partial charge is 0.475 e. The minimum Gasteiger partial charge on any atom is -0.394 e. The van der Waals surface area contributed by atoms with E-state index < -0.39 is 31.7 Å². The fourth-order valence-corrected chi connectivity index (χ4v) is 2.81. The van der Waals surface area contributed by atoms with E-state index in [2.05, 4.69) is 0 Å². The number of hydrogen-bond donors (Lipinski definition) is 2. The monoisotopic (exact) mass is 284 g/mol. The Morgan fingerprint density at radius 2 is 1.44 bits per heavy atom. The fraction of sp³-hybridized carbons (Fsp3) is 1.00. The van der Waals surface area contributed by atoms with Crippen molar-refractivity contribution in [2.45, 2.75) is 58.8 Å². The molecule has 2 N–H and O–H groups in total. The second-order valence-corrected chi connectivity index (χ2v) is 7.50. The van der Waals surface area contributed by atoms with Crippen LogP contribution >= 0.6 is 7.82 Å². The second kappa shape index (κ2) is 6.46. The number of aliphatic hydroxyl groups is 2. The van der Waals surface area contributed by atoms with E-state index in [0.29, 0.717) is 0 Å². The van der Waals surface area contributed by atoms with Gasteiger partial charge in [0.1, 0.15) is 6.10 Å². The molecule has 6 nitrogen and oxygen atoms in total. The van der Waals surface area contributed by atoms with Gasteiger partial charge in [-0.1, -0.05) is 0 Å². The van der Waals surface area contributed by atoms with Crippen LogP contribution in [0.5, 0.6) is 0 Å². The molecule has 0 saturated carbocycles. The van der Waals surface area contributed by atoms with Crippen LogP contribution in [0, 0.1) is 0 Å². The molecule has 0 saturated heterocycles. The molecule has 0 rings (SSSR count). The van der Waals surface area contributed by atoms with Gasteiger partial charge in [-0.3, -0.25) is 13.6 Å². The average molecular weight is 284 g/mol. The van der Waals surface area contributed by atoms with Crippen molar-refractivity contribution >= 4 is 7.82 Å². The summed E-state index contributed by atoms with van der Waals surface area (Å²) in [5.74, 6) is 0. The number of aliphatic hydroxyl groups excluding tert-OH is 2. The van der Waals surface area contributed by atoms with Crippen LogP contribution in [0.2, 0.25) is 0 Å². The van der Waals surface area contributed by atoms with Crippen molar-refractivity contribution < 1.29 is 28.3 Å². The maximum atomic E-state index is 12.4. The highest BCUT2D eigenvalue weighted by Gasteiger charge is 2.37. The summed E-state index contributed by atoms with van der Waals surface area (Å²) in [5.41, 5.74) is -1.43. The highest BCUT2D eigenvalue weighted by atomic mass is 31.2. The minimum absolute atomic E-state index is 0.320. The third-order valence-electron chi connectivity index (χ3n) is 1.41. The minimum atomic E-state index is -3.80. The van der Waals surface area contributed by atoms with Gasteiger partial charge in [-0.15, -0.1) is 0 Å². The van der Waals surface area contributed by atoms with Crippen LogP contribution in [0.1, 0.15) is 41.5 Å². The molecule has 0 amide bonds. The summed E-state index contributed by atoms with van der Waals surface area (Å²) in [4.78, 5) is 0. The Hall–Kier alpha value is 0.0300. The third kappa shape index (κ3) is 9.03. The third-order valence-corrected chi connectivity index (χ3v) is 3.42. The molecule has 0 radical (unpaired) electrons. The van der Waals surface area contributed by atoms with Gasteiger partial charge in [0.15, 0.2) is 0 Å². The zero-order valence-corrected chi connectivity index (χ0v) is 12.9. The SMILES string of the molecule is CC(C)(C)OP(=O)(OCC(O)CO)OC(C)(C)C. The lowest BCUT2D eigenvalue weighted by Gasteiger charge is -2.31. The first-order valence-corrected chi connectivity index (χ1v) is 7.28. The normalized spacial score (nSPS) is 15.8. The van der Waals surface area contributed by atoms with Crippen LogP contribution in [0.15, 0.2) is 0 Å². The van der Waals surface area contributed by atoms with Crippen LogP contribution in [-0.4, -0.2) is 40.7 Å². The average Bonchev–Trinajstić information content (AvgIpc) is 2.07. The van der Waals surface area contributed by atoms with Crippen molar-refractivity contribution in [3.63, 3.8) is 0 Å². The van der Waals surface area contributed by atoms with E-state index in [1.807, 2.05) is 0 Å². The van der Waals surface area contributed by atoms with Crippen molar-refractivity contribution in [3.05, 3.63) is 0 Å². The van der Waals surface area contributed by atoms with E-state index >= 15 is 0 Å². The Bertz CT molecular complexity index is 271. The van der Waals surface area contributed by atoms with Gasteiger partial charge in [0.05, 0.1) is 24.4 Å². The van der Waals surface area contributed by atoms with Gasteiger partial charge in [-0.05, 0) is 41.5 Å². The molecule has 0 aromatic carbocycles. The van der Waals surface area contributed by atoms with E-state index in [4.69, 9.17) is 18.7 Å². The Morgan fingerprint density at radius 3 is 1.72 bits per heavy atom. The van der Waals surface area contributed by atoms with Gasteiger partial charge >= 0.3 is 7.82 Å². The molecule has 1 atom stereocenters. The van der Waals surface area contributed by atoms with Crippen molar-refractivity contribution in [2.24, 2.45) is 0 Å². The molecule has 18 heavy (non-hydrogen) atoms. The Kier molecular flexibility index (Phi) is 6.47. The van der Waals surface area contributed by atoms with E-state index in [1.165, 1.54) is 0 Å². The number of rotatable bonds is 6. The zero-order chi connectivity index (χ0) is 14.6. The molecule has 0 aliphatic heterocycles. The zero-order valence-electron chi connectivity index (χ0n) is 12.0. The molecule has 0 bridgehead atoms. The van der Waals surface area contributed by atoms with Gasteiger partial charge in [-0.2, -0.15) is 0 Å². The maximum Gasteiger partial charge on any atom is 0.475 e. The lowest BCUT2D eigenvalue weighted by molar-refractivity contribution is -0.0180. The smallest absolute Gasteiger partial charge is 0.394 e. The van der Waals surface area contributed by atoms with E-state index in [1.54, 1.807) is 41.5 Å². The number of hydrogen-bond acceptors (Lipinski definition) is 6. The first-order chi connectivity index (χ1) is 7.87. The fourth-order valence-electron chi connectivity index (χ4n) is 0.972. The predicted octanol–water partition coefficient (Wildman–Crippen LogP) is 2.09. The van der Waals surface area contributed by atoms with Crippen LogP contribution in [-0.2, 0) is 18.1 Å². The van der Waals surface area contributed by atoms with Crippen molar-refractivity contribution in [3.8, 4) is 0 Å². The number of phosphoric ester groups is 1. The predicted molar refractivity (Wildman–Crippen MR) is 68.3 cm³/mol. The Balaban J connectivity index is 4.76. The standard InChI is InChI=1S/C11H25O6P/c1-10(2,3)16-18(14,17-11(4,5)6)15-8-9(13)7-12/h9,12-13H,7-8H2,1-6H3. The molecule has 1 unspecified atom stereocenters. The summed E-state index contributed by atoms with van der Waals surface area (Å²) < 4.78 is 28.1. The maximum absolute atomic E-state index is 12.4. The lowest BCUT2D eigenvalue weighted by Crippen LogP contribution is -2.27. The van der Waals surface area contributed by atoms with Gasteiger partial charge in [0, 0.05) is 0 Å². The first-order valence-electron chi connectivity index (χ1n) is 5.82. The lowest BCUT2D eigenvalue weighted by atomic mass is 10.2. The molecule has 7 heteroatoms. The van der Waals surface area contributed by atoms with Gasteiger partial charge < -0.3 is 10.2 Å². The highest BCUT2D eigenvalue weighted by Crippen LogP contribution is 2.55. The Labute approximate surface area is 109 Å². The molecule has 110 valence electrons. The molecule has 0 aliphatic rings. The summed E-state index contributed by atoms with van der Waals surface area (Å²) in [5, 5.41) is 17.9. The molecule has 0 spiro atoms. The molecular weight excluding hydrogens is 259 g/mol. The summed E-state index contributed by atoms with van der Waals surface area (Å²) in [6.07, 6.45) is -1.12. The van der Waals surface area contributed by atoms with Crippen molar-refractivity contribution in [2.75, 3.05) is 13.2 Å². The molecular formula is C11H25O6P. The second-order valence-electron chi connectivity index (χ2n) is 5.99. The van der Waals surface area contributed by atoms with Crippen LogP contribution in [0.25, 0.3) is 0 Å². The quantitative estimate of drug-likeness (QED) is 0.726. The van der Waals surface area contributed by atoms with Crippen molar-refractivity contribution in [1.82, 2.24) is 0 Å². The van der Waals surface area contributed by atoms with E-state index in [-0.39, 0.29) is 6.61 Å². The number of phosphoric acid groups is 1. The van der Waals surface area contributed by atoms with E-state index in [9.17, 15) is 9.67 Å². The summed E-state index contributed by atoms with van der Waals surface area (Å²) >= 11 is 0. The molecule has 0 fully saturated rings. The van der Waals surface area contributed by atoms with Crippen LogP contribution in [0.3, 0.4) is 0 Å². The van der Waals surface area contributed by atoms with Crippen LogP contribution < -0.4 is 0 Å². The molecule has 0 aliphatic carbocycles. The van der Waals surface area contributed by atoms with Crippen LogP contribution in [0.4, 0.5) is 0 Å². The van der Waals surface area contributed by atoms with E-state index in [0.717, 1.165) is 0 Å². The summed E-state index contributed by atoms with van der Waals surface area (Å²) in [7, 11) is -3.80. The summed E-state index contributed by atoms with van der Waals surface area (Å²) in [6, 6.07) is 0. The molecule has 0 aromatic rings. The molecule has 0 aromatic heterocycles.